The number of rotatable bonds is 6. The third-order valence-corrected chi connectivity index (χ3v) is 5.03. The Bertz CT molecular complexity index is 830. The number of halogens is 1. The Kier molecular flexibility index (Phi) is 7.04. The zero-order chi connectivity index (χ0) is 17.9. The summed E-state index contributed by atoms with van der Waals surface area (Å²) in [6.07, 6.45) is 1.98. The molecule has 0 radical (unpaired) electrons. The number of carbonyl (C=O) groups is 1. The summed E-state index contributed by atoms with van der Waals surface area (Å²) < 4.78 is 28.8. The van der Waals surface area contributed by atoms with Gasteiger partial charge in [-0.15, -0.1) is 12.4 Å². The third-order valence-electron chi connectivity index (χ3n) is 3.60. The molecule has 0 fully saturated rings. The van der Waals surface area contributed by atoms with E-state index < -0.39 is 10.0 Å². The number of nitrogens with one attached hydrogen (secondary N) is 1. The van der Waals surface area contributed by atoms with Crippen LogP contribution in [0.15, 0.2) is 41.4 Å². The van der Waals surface area contributed by atoms with Crippen LogP contribution in [0.25, 0.3) is 0 Å². The fraction of sp³-hybridized carbons (Fsp3) is 0.312. The second-order valence-corrected chi connectivity index (χ2v) is 7.53. The Hall–Kier alpha value is -2.03. The van der Waals surface area contributed by atoms with E-state index >= 15 is 0 Å². The van der Waals surface area contributed by atoms with Gasteiger partial charge in [0.05, 0.1) is 0 Å². The molecular weight excluding hydrogens is 364 g/mol. The highest BCUT2D eigenvalue weighted by Crippen LogP contribution is 2.15. The monoisotopic (exact) mass is 386 g/mol. The van der Waals surface area contributed by atoms with Crippen LogP contribution < -0.4 is 10.5 Å². The lowest BCUT2D eigenvalue weighted by atomic mass is 10.1. The van der Waals surface area contributed by atoms with Crippen LogP contribution in [0, 0.1) is 0 Å². The lowest BCUT2D eigenvalue weighted by molar-refractivity contribution is 0.0818. The van der Waals surface area contributed by atoms with Gasteiger partial charge in [-0.1, -0.05) is 12.1 Å². The van der Waals surface area contributed by atoms with Crippen molar-refractivity contribution < 1.29 is 13.2 Å². The van der Waals surface area contributed by atoms with Crippen LogP contribution in [-0.4, -0.2) is 44.4 Å². The fourth-order valence-corrected chi connectivity index (χ4v) is 3.32. The number of anilines is 1. The van der Waals surface area contributed by atoms with E-state index in [1.807, 2.05) is 12.1 Å². The third kappa shape index (κ3) is 5.22. The van der Waals surface area contributed by atoms with Crippen molar-refractivity contribution in [2.24, 2.45) is 7.05 Å². The van der Waals surface area contributed by atoms with Crippen LogP contribution in [0.2, 0.25) is 0 Å². The van der Waals surface area contributed by atoms with Gasteiger partial charge in [-0.05, 0) is 30.2 Å². The summed E-state index contributed by atoms with van der Waals surface area (Å²) in [7, 11) is 1.22. The first kappa shape index (κ1) is 21.0. The maximum absolute atomic E-state index is 12.4. The number of amides is 1. The number of benzene rings is 1. The van der Waals surface area contributed by atoms with Crippen molar-refractivity contribution in [3.63, 3.8) is 0 Å². The molecule has 9 heteroatoms. The van der Waals surface area contributed by atoms with Gasteiger partial charge in [0, 0.05) is 39.6 Å². The highest BCUT2D eigenvalue weighted by Gasteiger charge is 2.21. The molecule has 0 saturated carbocycles. The number of hydrogen-bond donors (Lipinski definition) is 2. The molecule has 0 unspecified atom stereocenters. The smallest absolute Gasteiger partial charge is 0.269 e. The molecule has 0 spiro atoms. The Morgan fingerprint density at radius 3 is 2.40 bits per heavy atom. The minimum Gasteiger partial charge on any atom is -0.399 e. The number of aromatic nitrogens is 1. The Balaban J connectivity index is 0.00000312. The molecular formula is C16H23ClN4O3S. The van der Waals surface area contributed by atoms with Crippen LogP contribution in [0.1, 0.15) is 16.1 Å². The van der Waals surface area contributed by atoms with Crippen molar-refractivity contribution in [1.82, 2.24) is 14.2 Å². The van der Waals surface area contributed by atoms with Crippen molar-refractivity contribution in [3.05, 3.63) is 47.8 Å². The molecule has 0 aliphatic rings. The topological polar surface area (TPSA) is 97.4 Å². The minimum atomic E-state index is -3.67. The molecule has 2 rings (SSSR count). The Morgan fingerprint density at radius 2 is 1.84 bits per heavy atom. The largest absolute Gasteiger partial charge is 0.399 e. The number of nitrogen functional groups attached to an aromatic ring is 1. The maximum Gasteiger partial charge on any atom is 0.269 e. The van der Waals surface area contributed by atoms with Crippen LogP contribution >= 0.6 is 12.4 Å². The molecule has 138 valence electrons. The number of aryl methyl sites for hydroxylation is 1. The first-order chi connectivity index (χ1) is 11.2. The summed E-state index contributed by atoms with van der Waals surface area (Å²) >= 11 is 0. The van der Waals surface area contributed by atoms with Crippen molar-refractivity contribution in [1.29, 1.82) is 0 Å². The first-order valence-corrected chi connectivity index (χ1v) is 8.91. The quantitative estimate of drug-likeness (QED) is 0.730. The molecule has 1 aromatic heterocycles. The molecule has 3 N–H and O–H groups in total. The number of sulfonamides is 1. The zero-order valence-corrected chi connectivity index (χ0v) is 16.0. The number of nitrogens with zero attached hydrogens (tertiary/aromatic N) is 2. The summed E-state index contributed by atoms with van der Waals surface area (Å²) in [6, 6.07) is 8.66. The average molecular weight is 387 g/mol. The standard InChI is InChI=1S/C16H22N4O3S.ClH/c1-19(2)16(21)15-10-14(11-20(15)3)24(22,23)18-9-8-12-4-6-13(17)7-5-12;/h4-7,10-11,18H,8-9,17H2,1-3H3;1H. The number of nitrogens with two attached hydrogens (primary N) is 1. The predicted octanol–water partition coefficient (Wildman–Crippen LogP) is 1.25. The van der Waals surface area contributed by atoms with Gasteiger partial charge >= 0.3 is 0 Å². The molecule has 2 aromatic rings. The maximum atomic E-state index is 12.4. The first-order valence-electron chi connectivity index (χ1n) is 7.43. The molecule has 0 aliphatic carbocycles. The normalized spacial score (nSPS) is 11.0. The summed E-state index contributed by atoms with van der Waals surface area (Å²) in [5.74, 6) is -0.249. The summed E-state index contributed by atoms with van der Waals surface area (Å²) in [5.41, 5.74) is 7.59. The van der Waals surface area contributed by atoms with E-state index in [1.54, 1.807) is 33.3 Å². The van der Waals surface area contributed by atoms with Crippen molar-refractivity contribution >= 4 is 34.0 Å². The molecule has 0 aliphatic heterocycles. The van der Waals surface area contributed by atoms with E-state index in [0.717, 1.165) is 5.56 Å². The molecule has 0 bridgehead atoms. The average Bonchev–Trinajstić information content (AvgIpc) is 2.91. The van der Waals surface area contributed by atoms with Gasteiger partial charge in [0.1, 0.15) is 10.6 Å². The fourth-order valence-electron chi connectivity index (χ4n) is 2.22. The molecule has 25 heavy (non-hydrogen) atoms. The number of hydrogen-bond acceptors (Lipinski definition) is 4. The summed E-state index contributed by atoms with van der Waals surface area (Å²) in [5, 5.41) is 0. The lowest BCUT2D eigenvalue weighted by Gasteiger charge is -2.09. The van der Waals surface area contributed by atoms with Gasteiger partial charge in [-0.25, -0.2) is 13.1 Å². The van der Waals surface area contributed by atoms with Gasteiger partial charge in [0.15, 0.2) is 0 Å². The van der Waals surface area contributed by atoms with Crippen LogP contribution in [-0.2, 0) is 23.5 Å². The van der Waals surface area contributed by atoms with E-state index in [2.05, 4.69) is 4.72 Å². The highest BCUT2D eigenvalue weighted by molar-refractivity contribution is 7.89. The van der Waals surface area contributed by atoms with E-state index in [-0.39, 0.29) is 29.8 Å². The Labute approximate surface area is 154 Å². The lowest BCUT2D eigenvalue weighted by Crippen LogP contribution is -2.26. The van der Waals surface area contributed by atoms with E-state index in [1.165, 1.54) is 21.7 Å². The second-order valence-electron chi connectivity index (χ2n) is 5.76. The van der Waals surface area contributed by atoms with E-state index in [4.69, 9.17) is 5.73 Å². The van der Waals surface area contributed by atoms with E-state index in [0.29, 0.717) is 17.8 Å². The highest BCUT2D eigenvalue weighted by atomic mass is 35.5. The van der Waals surface area contributed by atoms with Gasteiger partial charge in [0.2, 0.25) is 10.0 Å². The SMILES string of the molecule is CN(C)C(=O)c1cc(S(=O)(=O)NCCc2ccc(N)cc2)cn1C.Cl. The summed E-state index contributed by atoms with van der Waals surface area (Å²) in [4.78, 5) is 13.5. The van der Waals surface area contributed by atoms with Crippen molar-refractivity contribution in [2.45, 2.75) is 11.3 Å². The molecule has 0 saturated heterocycles. The molecule has 1 heterocycles. The van der Waals surface area contributed by atoms with E-state index in [9.17, 15) is 13.2 Å². The van der Waals surface area contributed by atoms with Crippen LogP contribution in [0.3, 0.4) is 0 Å². The number of carbonyl (C=O) groups excluding carboxylic acids is 1. The predicted molar refractivity (Wildman–Crippen MR) is 100 cm³/mol. The Morgan fingerprint density at radius 1 is 1.24 bits per heavy atom. The molecule has 1 amide bonds. The molecule has 7 nitrogen and oxygen atoms in total. The van der Waals surface area contributed by atoms with Crippen molar-refractivity contribution in [3.8, 4) is 0 Å². The molecule has 1 aromatic carbocycles. The van der Waals surface area contributed by atoms with Crippen molar-refractivity contribution in [2.75, 3.05) is 26.4 Å². The van der Waals surface area contributed by atoms with Gasteiger partial charge in [-0.2, -0.15) is 0 Å². The molecule has 0 atom stereocenters. The zero-order valence-electron chi connectivity index (χ0n) is 14.4. The van der Waals surface area contributed by atoms with Gasteiger partial charge < -0.3 is 15.2 Å². The van der Waals surface area contributed by atoms with Crippen LogP contribution in [0.5, 0.6) is 0 Å². The van der Waals surface area contributed by atoms with Gasteiger partial charge in [-0.3, -0.25) is 4.79 Å². The van der Waals surface area contributed by atoms with Gasteiger partial charge in [0.25, 0.3) is 5.91 Å². The second kappa shape index (κ2) is 8.37. The minimum absolute atomic E-state index is 0. The summed E-state index contributed by atoms with van der Waals surface area (Å²) in [6.45, 7) is 0.262. The van der Waals surface area contributed by atoms with Crippen LogP contribution in [0.4, 0.5) is 5.69 Å².